The molecule has 0 radical (unpaired) electrons. The van der Waals surface area contributed by atoms with E-state index < -0.39 is 0 Å². The van der Waals surface area contributed by atoms with Crippen LogP contribution in [-0.4, -0.2) is 26.9 Å². The lowest BCUT2D eigenvalue weighted by Crippen LogP contribution is -1.90. The molecule has 0 N–H and O–H groups in total. The highest BCUT2D eigenvalue weighted by Gasteiger charge is 2.20. The van der Waals surface area contributed by atoms with Crippen LogP contribution in [0.15, 0.2) is 61.2 Å². The number of hydrogen-bond acceptors (Lipinski definition) is 3. The summed E-state index contributed by atoms with van der Waals surface area (Å²) in [5, 5.41) is 0. The van der Waals surface area contributed by atoms with Crippen molar-refractivity contribution in [2.75, 3.05) is 20.8 Å². The first kappa shape index (κ1) is 21.0. The predicted octanol–water partition coefficient (Wildman–Crippen LogP) is 5.62. The van der Waals surface area contributed by atoms with Gasteiger partial charge in [-0.25, -0.2) is 0 Å². The molecule has 0 amide bonds. The van der Waals surface area contributed by atoms with Gasteiger partial charge < -0.3 is 14.2 Å². The minimum atomic E-state index is 0.563. The topological polar surface area (TPSA) is 31.0 Å². The lowest BCUT2D eigenvalue weighted by Gasteiger charge is -2.02. The molecule has 1 heterocycles. The van der Waals surface area contributed by atoms with Gasteiger partial charge in [-0.3, -0.25) is 0 Å². The maximum Gasteiger partial charge on any atom is 0.118 e. The minimum absolute atomic E-state index is 0.563. The van der Waals surface area contributed by atoms with E-state index in [0.717, 1.165) is 37.4 Å². The van der Waals surface area contributed by atoms with E-state index in [2.05, 4.69) is 30.8 Å². The number of unbranched alkanes of at least 4 members (excludes halogenated alkanes) is 1. The van der Waals surface area contributed by atoms with Crippen LogP contribution in [-0.2, 0) is 17.6 Å². The molecule has 146 valence electrons. The molecule has 1 aliphatic rings. The number of benzene rings is 2. The third-order valence-electron chi connectivity index (χ3n) is 4.59. The standard InChI is InChI=1S/C12H16O2.C12H16O/c1-13-11-7-5-10(6-8-11)3-2-4-12-9-14-12;1-3-4-5-6-11-7-9-12(13-2)10-8-11/h5-8,12H,2-4,9H2,1H3;3,7-10H,1,4-6H2,2H3. The summed E-state index contributed by atoms with van der Waals surface area (Å²) in [5.41, 5.74) is 2.74. The molecule has 0 aliphatic carbocycles. The maximum atomic E-state index is 5.16. The number of ether oxygens (including phenoxy) is 3. The van der Waals surface area contributed by atoms with Crippen LogP contribution in [0.3, 0.4) is 0 Å². The zero-order chi connectivity index (χ0) is 19.3. The van der Waals surface area contributed by atoms with E-state index in [1.165, 1.54) is 30.4 Å². The van der Waals surface area contributed by atoms with Crippen LogP contribution in [0.4, 0.5) is 0 Å². The van der Waals surface area contributed by atoms with Crippen molar-refractivity contribution < 1.29 is 14.2 Å². The van der Waals surface area contributed by atoms with E-state index in [4.69, 9.17) is 14.2 Å². The molecule has 1 saturated heterocycles. The fourth-order valence-corrected chi connectivity index (χ4v) is 2.80. The van der Waals surface area contributed by atoms with Crippen molar-refractivity contribution in [1.29, 1.82) is 0 Å². The zero-order valence-electron chi connectivity index (χ0n) is 16.7. The molecule has 3 nitrogen and oxygen atoms in total. The molecule has 1 fully saturated rings. The molecule has 0 aromatic heterocycles. The molecule has 2 aromatic carbocycles. The largest absolute Gasteiger partial charge is 0.497 e. The van der Waals surface area contributed by atoms with Gasteiger partial charge in [-0.1, -0.05) is 30.3 Å². The van der Waals surface area contributed by atoms with E-state index in [1.807, 2.05) is 30.3 Å². The monoisotopic (exact) mass is 368 g/mol. The molecular formula is C24H32O3. The Hall–Kier alpha value is -2.26. The smallest absolute Gasteiger partial charge is 0.118 e. The summed E-state index contributed by atoms with van der Waals surface area (Å²) in [7, 11) is 3.38. The summed E-state index contributed by atoms with van der Waals surface area (Å²) >= 11 is 0. The summed E-state index contributed by atoms with van der Waals surface area (Å²) in [6.45, 7) is 4.67. The Balaban J connectivity index is 0.000000194. The number of hydrogen-bond donors (Lipinski definition) is 0. The fourth-order valence-electron chi connectivity index (χ4n) is 2.80. The molecule has 3 heteroatoms. The minimum Gasteiger partial charge on any atom is -0.497 e. The highest BCUT2D eigenvalue weighted by molar-refractivity contribution is 5.27. The summed E-state index contributed by atoms with van der Waals surface area (Å²) < 4.78 is 15.3. The van der Waals surface area contributed by atoms with Crippen LogP contribution < -0.4 is 9.47 Å². The molecule has 2 aromatic rings. The maximum absolute atomic E-state index is 5.16. The Labute approximate surface area is 164 Å². The van der Waals surface area contributed by atoms with Crippen LogP contribution in [0.5, 0.6) is 11.5 Å². The van der Waals surface area contributed by atoms with Crippen LogP contribution in [0, 0.1) is 0 Å². The molecular weight excluding hydrogens is 336 g/mol. The molecule has 3 rings (SSSR count). The molecule has 1 atom stereocenters. The third-order valence-corrected chi connectivity index (χ3v) is 4.59. The Morgan fingerprint density at radius 3 is 1.78 bits per heavy atom. The first-order chi connectivity index (χ1) is 13.2. The van der Waals surface area contributed by atoms with Crippen LogP contribution in [0.1, 0.15) is 36.8 Å². The van der Waals surface area contributed by atoms with Crippen molar-refractivity contribution in [3.8, 4) is 11.5 Å². The summed E-state index contributed by atoms with van der Waals surface area (Å²) in [4.78, 5) is 0. The van der Waals surface area contributed by atoms with Gasteiger partial charge in [0.15, 0.2) is 0 Å². The van der Waals surface area contributed by atoms with E-state index in [-0.39, 0.29) is 0 Å². The first-order valence-electron chi connectivity index (χ1n) is 9.73. The van der Waals surface area contributed by atoms with Crippen molar-refractivity contribution in [2.24, 2.45) is 0 Å². The highest BCUT2D eigenvalue weighted by Crippen LogP contribution is 2.18. The molecule has 0 bridgehead atoms. The van der Waals surface area contributed by atoms with Gasteiger partial charge in [-0.2, -0.15) is 0 Å². The van der Waals surface area contributed by atoms with E-state index >= 15 is 0 Å². The van der Waals surface area contributed by atoms with E-state index in [0.29, 0.717) is 6.10 Å². The van der Waals surface area contributed by atoms with Crippen molar-refractivity contribution >= 4 is 0 Å². The van der Waals surface area contributed by atoms with Crippen molar-refractivity contribution in [1.82, 2.24) is 0 Å². The van der Waals surface area contributed by atoms with Crippen molar-refractivity contribution in [3.63, 3.8) is 0 Å². The Bertz CT molecular complexity index is 642. The Morgan fingerprint density at radius 1 is 0.889 bits per heavy atom. The Kier molecular flexibility index (Phi) is 9.50. The first-order valence-corrected chi connectivity index (χ1v) is 9.73. The molecule has 0 saturated carbocycles. The Morgan fingerprint density at radius 2 is 1.37 bits per heavy atom. The van der Waals surface area contributed by atoms with Gasteiger partial charge in [0.2, 0.25) is 0 Å². The van der Waals surface area contributed by atoms with E-state index in [1.54, 1.807) is 14.2 Å². The van der Waals surface area contributed by atoms with Crippen LogP contribution >= 0.6 is 0 Å². The normalized spacial score (nSPS) is 14.7. The number of allylic oxidation sites excluding steroid dienone is 1. The van der Waals surface area contributed by atoms with Crippen molar-refractivity contribution in [3.05, 3.63) is 72.3 Å². The number of rotatable bonds is 10. The lowest BCUT2D eigenvalue weighted by atomic mass is 10.1. The van der Waals surface area contributed by atoms with Crippen LogP contribution in [0.25, 0.3) is 0 Å². The fraction of sp³-hybridized carbons (Fsp3) is 0.417. The predicted molar refractivity (Wildman–Crippen MR) is 112 cm³/mol. The molecule has 1 aliphatic heterocycles. The second-order valence-electron chi connectivity index (χ2n) is 6.72. The number of epoxide rings is 1. The van der Waals surface area contributed by atoms with Gasteiger partial charge in [0, 0.05) is 0 Å². The SMILES string of the molecule is C=CCCCc1ccc(OC)cc1.COc1ccc(CCCC2CO2)cc1. The third kappa shape index (κ3) is 8.78. The highest BCUT2D eigenvalue weighted by atomic mass is 16.6. The molecule has 1 unspecified atom stereocenters. The van der Waals surface area contributed by atoms with Gasteiger partial charge >= 0.3 is 0 Å². The van der Waals surface area contributed by atoms with Crippen LogP contribution in [0.2, 0.25) is 0 Å². The second-order valence-corrected chi connectivity index (χ2v) is 6.72. The number of methoxy groups -OCH3 is 2. The van der Waals surface area contributed by atoms with Gasteiger partial charge in [0.05, 0.1) is 26.9 Å². The van der Waals surface area contributed by atoms with Gasteiger partial charge in [0.25, 0.3) is 0 Å². The lowest BCUT2D eigenvalue weighted by molar-refractivity contribution is 0.392. The second kappa shape index (κ2) is 12.2. The quantitative estimate of drug-likeness (QED) is 0.310. The summed E-state index contributed by atoms with van der Waals surface area (Å²) in [6.07, 6.45) is 9.47. The van der Waals surface area contributed by atoms with Crippen molar-refractivity contribution in [2.45, 2.75) is 44.6 Å². The average molecular weight is 369 g/mol. The van der Waals surface area contributed by atoms with Gasteiger partial charge in [-0.15, -0.1) is 6.58 Å². The zero-order valence-corrected chi connectivity index (χ0v) is 16.7. The molecule has 0 spiro atoms. The summed E-state index contributed by atoms with van der Waals surface area (Å²) in [5.74, 6) is 1.85. The van der Waals surface area contributed by atoms with Gasteiger partial charge in [0.1, 0.15) is 11.5 Å². The van der Waals surface area contributed by atoms with E-state index in [9.17, 15) is 0 Å². The average Bonchev–Trinajstić information content (AvgIpc) is 3.54. The van der Waals surface area contributed by atoms with Gasteiger partial charge in [-0.05, 0) is 73.9 Å². The summed E-state index contributed by atoms with van der Waals surface area (Å²) in [6, 6.07) is 16.5. The number of aryl methyl sites for hydroxylation is 2. The molecule has 27 heavy (non-hydrogen) atoms.